The maximum absolute atomic E-state index is 14.8. The minimum absolute atomic E-state index is 0.00681. The summed E-state index contributed by atoms with van der Waals surface area (Å²) < 4.78 is 14.8. The number of fused-ring (bicyclic) bond motifs is 1. The first-order valence-electron chi connectivity index (χ1n) is 8.70. The van der Waals surface area contributed by atoms with Gasteiger partial charge in [0.2, 0.25) is 5.91 Å². The Morgan fingerprint density at radius 1 is 1.37 bits per heavy atom. The molecule has 0 spiro atoms. The summed E-state index contributed by atoms with van der Waals surface area (Å²) in [5, 5.41) is 13.0. The Morgan fingerprint density at radius 3 is 2.89 bits per heavy atom. The molecule has 4 N–H and O–H groups in total. The first-order valence-corrected chi connectivity index (χ1v) is 8.70. The van der Waals surface area contributed by atoms with Crippen molar-refractivity contribution < 1.29 is 14.3 Å². The van der Waals surface area contributed by atoms with Crippen molar-refractivity contribution in [3.63, 3.8) is 0 Å². The van der Waals surface area contributed by atoms with E-state index in [0.29, 0.717) is 34.1 Å². The van der Waals surface area contributed by atoms with Crippen molar-refractivity contribution in [1.29, 1.82) is 0 Å². The largest absolute Gasteiger partial charge is 0.396 e. The second kappa shape index (κ2) is 6.59. The number of aliphatic hydroxyl groups excluding tert-OH is 1. The van der Waals surface area contributed by atoms with Gasteiger partial charge in [0.25, 0.3) is 0 Å². The van der Waals surface area contributed by atoms with E-state index in [1.165, 1.54) is 6.20 Å². The zero-order chi connectivity index (χ0) is 19.1. The average Bonchev–Trinajstić information content (AvgIpc) is 3.45. The summed E-state index contributed by atoms with van der Waals surface area (Å²) in [6.07, 6.45) is 5.39. The van der Waals surface area contributed by atoms with Crippen molar-refractivity contribution in [3.8, 4) is 11.1 Å². The Hall–Kier alpha value is -3.06. The smallest absolute Gasteiger partial charge is 0.229 e. The first-order chi connectivity index (χ1) is 13.0. The number of benzene rings is 1. The number of amides is 1. The van der Waals surface area contributed by atoms with Crippen molar-refractivity contribution in [2.24, 2.45) is 11.8 Å². The number of aryl methyl sites for hydroxylation is 1. The van der Waals surface area contributed by atoms with Gasteiger partial charge in [0.05, 0.1) is 5.69 Å². The lowest BCUT2D eigenvalue weighted by Crippen LogP contribution is -2.16. The number of pyridine rings is 2. The molecule has 27 heavy (non-hydrogen) atoms. The molecule has 1 aliphatic carbocycles. The fraction of sp³-hybridized carbons (Fsp3) is 0.250. The van der Waals surface area contributed by atoms with Crippen LogP contribution in [-0.2, 0) is 4.79 Å². The predicted octanol–water partition coefficient (Wildman–Crippen LogP) is 2.89. The monoisotopic (exact) mass is 366 g/mol. The number of aromatic nitrogens is 2. The van der Waals surface area contributed by atoms with E-state index in [1.54, 1.807) is 30.6 Å². The van der Waals surface area contributed by atoms with E-state index < -0.39 is 5.82 Å². The average molecular weight is 366 g/mol. The molecule has 1 aliphatic rings. The number of rotatable bonds is 4. The molecule has 0 bridgehead atoms. The summed E-state index contributed by atoms with van der Waals surface area (Å²) >= 11 is 0. The van der Waals surface area contributed by atoms with Gasteiger partial charge in [-0.1, -0.05) is 0 Å². The number of hydrogen-bond acceptors (Lipinski definition) is 5. The highest BCUT2D eigenvalue weighted by atomic mass is 19.1. The first kappa shape index (κ1) is 17.4. The number of carbonyl (C=O) groups excluding carboxylic acids is 1. The molecule has 1 amide bonds. The molecule has 4 rings (SSSR count). The molecule has 3 aromatic rings. The fourth-order valence-corrected chi connectivity index (χ4v) is 3.30. The van der Waals surface area contributed by atoms with Crippen molar-refractivity contribution in [1.82, 2.24) is 9.97 Å². The number of halogens is 1. The number of nitrogens with zero attached hydrogens (tertiary/aromatic N) is 2. The molecule has 7 heteroatoms. The van der Waals surface area contributed by atoms with Gasteiger partial charge in [0.15, 0.2) is 5.82 Å². The van der Waals surface area contributed by atoms with Gasteiger partial charge in [-0.2, -0.15) is 0 Å². The number of nitrogen functional groups attached to an aromatic ring is 1. The second-order valence-corrected chi connectivity index (χ2v) is 6.91. The number of hydrogen-bond donors (Lipinski definition) is 3. The van der Waals surface area contributed by atoms with Gasteiger partial charge in [-0.3, -0.25) is 9.78 Å². The molecule has 0 saturated heterocycles. The van der Waals surface area contributed by atoms with E-state index in [9.17, 15) is 9.18 Å². The molecule has 2 heterocycles. The van der Waals surface area contributed by atoms with Gasteiger partial charge in [-0.05, 0) is 48.4 Å². The van der Waals surface area contributed by atoms with Crippen LogP contribution in [0.5, 0.6) is 0 Å². The molecular weight excluding hydrogens is 347 g/mol. The number of aliphatic hydroxyl groups is 1. The summed E-state index contributed by atoms with van der Waals surface area (Å²) in [6, 6.07) is 5.17. The molecule has 2 aromatic heterocycles. The summed E-state index contributed by atoms with van der Waals surface area (Å²) in [6.45, 7) is 1.88. The van der Waals surface area contributed by atoms with E-state index in [-0.39, 0.29) is 30.0 Å². The normalized spacial score (nSPS) is 18.5. The quantitative estimate of drug-likeness (QED) is 0.617. The third-order valence-corrected chi connectivity index (χ3v) is 5.07. The number of carbonyl (C=O) groups is 1. The molecule has 2 unspecified atom stereocenters. The molecule has 138 valence electrons. The Morgan fingerprint density at radius 2 is 2.19 bits per heavy atom. The lowest BCUT2D eigenvalue weighted by atomic mass is 9.98. The topological polar surface area (TPSA) is 101 Å². The second-order valence-electron chi connectivity index (χ2n) is 6.91. The maximum Gasteiger partial charge on any atom is 0.229 e. The van der Waals surface area contributed by atoms with Gasteiger partial charge in [0.1, 0.15) is 5.82 Å². The molecule has 1 fully saturated rings. The Kier molecular flexibility index (Phi) is 4.24. The van der Waals surface area contributed by atoms with E-state index in [2.05, 4.69) is 15.3 Å². The van der Waals surface area contributed by atoms with E-state index in [1.807, 2.05) is 6.92 Å². The highest BCUT2D eigenvalue weighted by Crippen LogP contribution is 2.39. The highest BCUT2D eigenvalue weighted by molar-refractivity contribution is 6.00. The van der Waals surface area contributed by atoms with Gasteiger partial charge in [-0.15, -0.1) is 0 Å². The van der Waals surface area contributed by atoms with Crippen LogP contribution in [0.2, 0.25) is 0 Å². The third kappa shape index (κ3) is 3.10. The van der Waals surface area contributed by atoms with Crippen LogP contribution in [0, 0.1) is 24.6 Å². The number of nitrogens with one attached hydrogen (secondary N) is 1. The Labute approximate surface area is 155 Å². The summed E-state index contributed by atoms with van der Waals surface area (Å²) in [4.78, 5) is 20.4. The maximum atomic E-state index is 14.8. The molecule has 0 aliphatic heterocycles. The Balaban J connectivity index is 1.73. The van der Waals surface area contributed by atoms with Crippen LogP contribution in [0.3, 0.4) is 0 Å². The summed E-state index contributed by atoms with van der Waals surface area (Å²) in [5.41, 5.74) is 7.92. The van der Waals surface area contributed by atoms with Gasteiger partial charge in [0, 0.05) is 47.6 Å². The van der Waals surface area contributed by atoms with Crippen LogP contribution in [-0.4, -0.2) is 27.6 Å². The van der Waals surface area contributed by atoms with E-state index in [0.717, 1.165) is 5.56 Å². The lowest BCUT2D eigenvalue weighted by Gasteiger charge is -2.12. The van der Waals surface area contributed by atoms with Crippen LogP contribution in [0.1, 0.15) is 12.0 Å². The number of anilines is 2. The predicted molar refractivity (Wildman–Crippen MR) is 101 cm³/mol. The number of nitrogens with two attached hydrogens (primary N) is 1. The SMILES string of the molecule is Cc1ccncc1-c1cc2cc(NC(=O)C3CC3CO)ncc2c(N)c1F. The molecular formula is C20H19FN4O2. The van der Waals surface area contributed by atoms with E-state index >= 15 is 0 Å². The van der Waals surface area contributed by atoms with Crippen molar-refractivity contribution >= 4 is 28.2 Å². The fourth-order valence-electron chi connectivity index (χ4n) is 3.30. The van der Waals surface area contributed by atoms with Gasteiger partial charge >= 0.3 is 0 Å². The molecule has 1 saturated carbocycles. The van der Waals surface area contributed by atoms with Crippen LogP contribution in [0.25, 0.3) is 21.9 Å². The van der Waals surface area contributed by atoms with Gasteiger partial charge in [-0.25, -0.2) is 9.37 Å². The van der Waals surface area contributed by atoms with Crippen molar-refractivity contribution in [2.75, 3.05) is 17.7 Å². The zero-order valence-corrected chi connectivity index (χ0v) is 14.7. The van der Waals surface area contributed by atoms with Crippen molar-refractivity contribution in [2.45, 2.75) is 13.3 Å². The summed E-state index contributed by atoms with van der Waals surface area (Å²) in [7, 11) is 0. The van der Waals surface area contributed by atoms with Crippen LogP contribution < -0.4 is 11.1 Å². The minimum Gasteiger partial charge on any atom is -0.396 e. The standard InChI is InChI=1S/C20H19FN4O2/c1-10-2-3-23-7-15(10)14-4-11-6-17(24-8-16(11)19(22)18(14)21)25-20(27)13-5-12(13)9-26/h2-4,6-8,12-13,26H,5,9,22H2,1H3,(H,24,25,27). The molecule has 2 atom stereocenters. The highest BCUT2D eigenvalue weighted by Gasteiger charge is 2.42. The van der Waals surface area contributed by atoms with E-state index in [4.69, 9.17) is 10.8 Å². The van der Waals surface area contributed by atoms with Crippen LogP contribution in [0.15, 0.2) is 36.8 Å². The van der Waals surface area contributed by atoms with Crippen LogP contribution in [0.4, 0.5) is 15.9 Å². The molecule has 6 nitrogen and oxygen atoms in total. The third-order valence-electron chi connectivity index (χ3n) is 5.07. The lowest BCUT2D eigenvalue weighted by molar-refractivity contribution is -0.117. The summed E-state index contributed by atoms with van der Waals surface area (Å²) in [5.74, 6) is -0.467. The van der Waals surface area contributed by atoms with Crippen LogP contribution >= 0.6 is 0 Å². The Bertz CT molecular complexity index is 1050. The van der Waals surface area contributed by atoms with Crippen molar-refractivity contribution in [3.05, 3.63) is 48.2 Å². The zero-order valence-electron chi connectivity index (χ0n) is 14.7. The molecule has 0 radical (unpaired) electrons. The minimum atomic E-state index is -0.513. The van der Waals surface area contributed by atoms with Gasteiger partial charge < -0.3 is 16.2 Å². The molecule has 1 aromatic carbocycles.